The SMILES string of the molecule is CC1(C)CCCNC1C(=O)Nc1ccc(-n2cncn2)c(F)c1. The van der Waals surface area contributed by atoms with Crippen LogP contribution in [0.5, 0.6) is 0 Å². The summed E-state index contributed by atoms with van der Waals surface area (Å²) in [7, 11) is 0. The third-order valence-electron chi connectivity index (χ3n) is 4.27. The molecule has 2 heterocycles. The Kier molecular flexibility index (Phi) is 4.12. The van der Waals surface area contributed by atoms with Crippen molar-refractivity contribution >= 4 is 11.6 Å². The van der Waals surface area contributed by atoms with Crippen molar-refractivity contribution in [3.63, 3.8) is 0 Å². The largest absolute Gasteiger partial charge is 0.325 e. The van der Waals surface area contributed by atoms with Crippen molar-refractivity contribution in [2.75, 3.05) is 11.9 Å². The number of hydrogen-bond acceptors (Lipinski definition) is 4. The fourth-order valence-electron chi connectivity index (χ4n) is 2.98. The summed E-state index contributed by atoms with van der Waals surface area (Å²) in [5, 5.41) is 9.94. The predicted octanol–water partition coefficient (Wildman–Crippen LogP) is 2.12. The quantitative estimate of drug-likeness (QED) is 0.909. The van der Waals surface area contributed by atoms with Gasteiger partial charge in [-0.15, -0.1) is 0 Å². The lowest BCUT2D eigenvalue weighted by atomic mass is 9.77. The molecule has 122 valence electrons. The first-order chi connectivity index (χ1) is 11.0. The molecule has 2 N–H and O–H groups in total. The molecule has 3 rings (SSSR count). The minimum atomic E-state index is -0.468. The summed E-state index contributed by atoms with van der Waals surface area (Å²) in [4.78, 5) is 16.3. The number of nitrogens with one attached hydrogen (secondary N) is 2. The Morgan fingerprint density at radius 3 is 2.96 bits per heavy atom. The number of anilines is 1. The molecular weight excluding hydrogens is 297 g/mol. The number of carbonyl (C=O) groups is 1. The summed E-state index contributed by atoms with van der Waals surface area (Å²) in [5.41, 5.74) is 0.595. The van der Waals surface area contributed by atoms with E-state index in [1.807, 2.05) is 0 Å². The fourth-order valence-corrected chi connectivity index (χ4v) is 2.98. The fraction of sp³-hybridized carbons (Fsp3) is 0.438. The second-order valence-electron chi connectivity index (χ2n) is 6.47. The van der Waals surface area contributed by atoms with Gasteiger partial charge in [0.15, 0.2) is 5.82 Å². The average Bonchev–Trinajstić information content (AvgIpc) is 3.00. The van der Waals surface area contributed by atoms with Crippen LogP contribution in [-0.2, 0) is 4.79 Å². The molecule has 6 nitrogen and oxygen atoms in total. The van der Waals surface area contributed by atoms with Gasteiger partial charge in [0, 0.05) is 5.69 Å². The molecule has 1 unspecified atom stereocenters. The lowest BCUT2D eigenvalue weighted by molar-refractivity contribution is -0.121. The van der Waals surface area contributed by atoms with Crippen LogP contribution >= 0.6 is 0 Å². The number of amides is 1. The topological polar surface area (TPSA) is 71.8 Å². The predicted molar refractivity (Wildman–Crippen MR) is 84.8 cm³/mol. The second-order valence-corrected chi connectivity index (χ2v) is 6.47. The van der Waals surface area contributed by atoms with Crippen LogP contribution in [0.4, 0.5) is 10.1 Å². The molecule has 0 aliphatic carbocycles. The first-order valence-corrected chi connectivity index (χ1v) is 7.66. The van der Waals surface area contributed by atoms with E-state index in [2.05, 4.69) is 34.6 Å². The third kappa shape index (κ3) is 3.24. The third-order valence-corrected chi connectivity index (χ3v) is 4.27. The first kappa shape index (κ1) is 15.6. The number of benzene rings is 1. The summed E-state index contributed by atoms with van der Waals surface area (Å²) >= 11 is 0. The van der Waals surface area contributed by atoms with Gasteiger partial charge in [-0.2, -0.15) is 5.10 Å². The Bertz CT molecular complexity index is 699. The average molecular weight is 317 g/mol. The van der Waals surface area contributed by atoms with E-state index in [0.717, 1.165) is 19.4 Å². The summed E-state index contributed by atoms with van der Waals surface area (Å²) in [5.74, 6) is -0.605. The van der Waals surface area contributed by atoms with E-state index in [0.29, 0.717) is 5.69 Å². The van der Waals surface area contributed by atoms with Crippen molar-refractivity contribution in [1.82, 2.24) is 20.1 Å². The smallest absolute Gasteiger partial charge is 0.242 e. The Balaban J connectivity index is 1.75. The number of nitrogens with zero attached hydrogens (tertiary/aromatic N) is 3. The highest BCUT2D eigenvalue weighted by molar-refractivity contribution is 5.95. The molecule has 1 aromatic carbocycles. The van der Waals surface area contributed by atoms with Crippen molar-refractivity contribution in [3.8, 4) is 5.69 Å². The van der Waals surface area contributed by atoms with Crippen molar-refractivity contribution < 1.29 is 9.18 Å². The Morgan fingerprint density at radius 2 is 2.30 bits per heavy atom. The Hall–Kier alpha value is -2.28. The highest BCUT2D eigenvalue weighted by Crippen LogP contribution is 2.31. The number of carbonyl (C=O) groups excluding carboxylic acids is 1. The van der Waals surface area contributed by atoms with E-state index in [1.165, 1.54) is 23.4 Å². The molecule has 1 aromatic heterocycles. The van der Waals surface area contributed by atoms with E-state index >= 15 is 0 Å². The lowest BCUT2D eigenvalue weighted by Crippen LogP contribution is -2.53. The molecule has 0 bridgehead atoms. The van der Waals surface area contributed by atoms with Crippen molar-refractivity contribution in [2.45, 2.75) is 32.7 Å². The second kappa shape index (κ2) is 6.08. The summed E-state index contributed by atoms with van der Waals surface area (Å²) < 4.78 is 15.5. The zero-order chi connectivity index (χ0) is 16.4. The molecule has 1 amide bonds. The zero-order valence-corrected chi connectivity index (χ0v) is 13.2. The summed E-state index contributed by atoms with van der Waals surface area (Å²) in [6, 6.07) is 4.24. The summed E-state index contributed by atoms with van der Waals surface area (Å²) in [6.07, 6.45) is 4.80. The minimum Gasteiger partial charge on any atom is -0.325 e. The van der Waals surface area contributed by atoms with Crippen molar-refractivity contribution in [3.05, 3.63) is 36.7 Å². The van der Waals surface area contributed by atoms with Crippen LogP contribution in [0.15, 0.2) is 30.9 Å². The lowest BCUT2D eigenvalue weighted by Gasteiger charge is -2.38. The van der Waals surface area contributed by atoms with Gasteiger partial charge in [-0.1, -0.05) is 13.8 Å². The van der Waals surface area contributed by atoms with E-state index in [9.17, 15) is 9.18 Å². The molecule has 1 saturated heterocycles. The number of rotatable bonds is 3. The van der Waals surface area contributed by atoms with Crippen LogP contribution in [0, 0.1) is 11.2 Å². The highest BCUT2D eigenvalue weighted by Gasteiger charge is 2.37. The number of aromatic nitrogens is 3. The zero-order valence-electron chi connectivity index (χ0n) is 13.2. The molecule has 1 aliphatic heterocycles. The maximum absolute atomic E-state index is 14.2. The van der Waals surface area contributed by atoms with Gasteiger partial charge < -0.3 is 10.6 Å². The van der Waals surface area contributed by atoms with Crippen molar-refractivity contribution in [1.29, 1.82) is 0 Å². The number of halogens is 1. The van der Waals surface area contributed by atoms with Crippen LogP contribution in [0.3, 0.4) is 0 Å². The van der Waals surface area contributed by atoms with Gasteiger partial charge in [0.25, 0.3) is 0 Å². The van der Waals surface area contributed by atoms with E-state index in [-0.39, 0.29) is 23.1 Å². The Morgan fingerprint density at radius 1 is 1.48 bits per heavy atom. The maximum Gasteiger partial charge on any atom is 0.242 e. The number of piperidine rings is 1. The molecule has 2 aromatic rings. The maximum atomic E-state index is 14.2. The Labute approximate surface area is 134 Å². The van der Waals surface area contributed by atoms with Crippen LogP contribution in [0.25, 0.3) is 5.69 Å². The standard InChI is InChI=1S/C16H20FN5O/c1-16(2)6-3-7-19-14(16)15(23)21-11-4-5-13(12(17)8-11)22-10-18-9-20-22/h4-5,8-10,14,19H,3,6-7H2,1-2H3,(H,21,23). The number of hydrogen-bond donors (Lipinski definition) is 2. The van der Waals surface area contributed by atoms with E-state index in [4.69, 9.17) is 0 Å². The molecule has 0 spiro atoms. The van der Waals surface area contributed by atoms with Gasteiger partial charge in [-0.05, 0) is 43.0 Å². The molecule has 0 radical (unpaired) electrons. The van der Waals surface area contributed by atoms with Gasteiger partial charge in [-0.25, -0.2) is 14.1 Å². The van der Waals surface area contributed by atoms with Crippen LogP contribution in [0.2, 0.25) is 0 Å². The monoisotopic (exact) mass is 317 g/mol. The van der Waals surface area contributed by atoms with Gasteiger partial charge in [-0.3, -0.25) is 4.79 Å². The highest BCUT2D eigenvalue weighted by atomic mass is 19.1. The van der Waals surface area contributed by atoms with Gasteiger partial charge in [0.05, 0.1) is 6.04 Å². The first-order valence-electron chi connectivity index (χ1n) is 7.66. The van der Waals surface area contributed by atoms with Crippen LogP contribution < -0.4 is 10.6 Å². The molecule has 7 heteroatoms. The van der Waals surface area contributed by atoms with Crippen LogP contribution in [-0.4, -0.2) is 33.3 Å². The van der Waals surface area contributed by atoms with E-state index < -0.39 is 5.82 Å². The van der Waals surface area contributed by atoms with Gasteiger partial charge >= 0.3 is 0 Å². The summed E-state index contributed by atoms with van der Waals surface area (Å²) in [6.45, 7) is 4.96. The molecule has 1 aliphatic rings. The van der Waals surface area contributed by atoms with E-state index in [1.54, 1.807) is 12.1 Å². The molecule has 1 atom stereocenters. The van der Waals surface area contributed by atoms with Crippen LogP contribution in [0.1, 0.15) is 26.7 Å². The molecule has 1 fully saturated rings. The molecule has 23 heavy (non-hydrogen) atoms. The molecular formula is C16H20FN5O. The minimum absolute atomic E-state index is 0.123. The molecule has 0 saturated carbocycles. The van der Waals surface area contributed by atoms with Gasteiger partial charge in [0.1, 0.15) is 18.3 Å². The normalized spacial score (nSPS) is 20.2. The van der Waals surface area contributed by atoms with Gasteiger partial charge in [0.2, 0.25) is 5.91 Å². The van der Waals surface area contributed by atoms with Crippen molar-refractivity contribution in [2.24, 2.45) is 5.41 Å².